The van der Waals surface area contributed by atoms with Crippen molar-refractivity contribution in [1.29, 1.82) is 0 Å². The number of carbonyl (C=O) groups excluding carboxylic acids is 1. The summed E-state index contributed by atoms with van der Waals surface area (Å²) in [4.78, 5) is 30.0. The maximum atomic E-state index is 12.9. The molecule has 0 aliphatic carbocycles. The van der Waals surface area contributed by atoms with Gasteiger partial charge in [-0.25, -0.2) is 0 Å². The molecule has 1 amide bonds. The van der Waals surface area contributed by atoms with Gasteiger partial charge in [-0.3, -0.25) is 14.5 Å². The van der Waals surface area contributed by atoms with Crippen LogP contribution in [-0.4, -0.2) is 48.7 Å². The molecule has 3 aromatic rings. The summed E-state index contributed by atoms with van der Waals surface area (Å²) in [5, 5.41) is 2.98. The van der Waals surface area contributed by atoms with Gasteiger partial charge in [0.05, 0.1) is 13.3 Å². The van der Waals surface area contributed by atoms with Gasteiger partial charge in [0.25, 0.3) is 0 Å². The normalized spacial score (nSPS) is 14.1. The maximum Gasteiger partial charge on any atom is 0.244 e. The number of pyridine rings is 1. The van der Waals surface area contributed by atoms with Gasteiger partial charge in [0.1, 0.15) is 6.54 Å². The van der Waals surface area contributed by atoms with Crippen molar-refractivity contribution in [3.63, 3.8) is 0 Å². The Balaban J connectivity index is 1.46. The first-order chi connectivity index (χ1) is 16.4. The highest BCUT2D eigenvalue weighted by Gasteiger charge is 2.19. The number of rotatable bonds is 7. The van der Waals surface area contributed by atoms with Gasteiger partial charge in [0.15, 0.2) is 5.75 Å². The molecule has 1 fully saturated rings. The van der Waals surface area contributed by atoms with E-state index in [1.54, 1.807) is 12.3 Å². The second-order valence-corrected chi connectivity index (χ2v) is 8.85. The maximum absolute atomic E-state index is 12.9. The van der Waals surface area contributed by atoms with E-state index in [4.69, 9.17) is 4.74 Å². The van der Waals surface area contributed by atoms with Gasteiger partial charge in [-0.05, 0) is 49.2 Å². The number of ether oxygens (including phenoxy) is 1. The molecule has 7 nitrogen and oxygen atoms in total. The molecular weight excluding hydrogens is 428 g/mol. The fourth-order valence-electron chi connectivity index (χ4n) is 4.46. The van der Waals surface area contributed by atoms with Crippen molar-refractivity contribution < 1.29 is 9.53 Å². The number of nitrogens with zero attached hydrogens (tertiary/aromatic N) is 3. The van der Waals surface area contributed by atoms with E-state index in [0.717, 1.165) is 48.7 Å². The van der Waals surface area contributed by atoms with Crippen LogP contribution in [0.2, 0.25) is 0 Å². The van der Waals surface area contributed by atoms with Gasteiger partial charge in [0.2, 0.25) is 11.3 Å². The van der Waals surface area contributed by atoms with Crippen LogP contribution in [-0.2, 0) is 17.9 Å². The van der Waals surface area contributed by atoms with Crippen LogP contribution in [0.4, 0.5) is 11.4 Å². The minimum Gasteiger partial charge on any atom is -0.491 e. The Kier molecular flexibility index (Phi) is 7.33. The highest BCUT2D eigenvalue weighted by atomic mass is 16.5. The fraction of sp³-hybridized carbons (Fsp3) is 0.333. The van der Waals surface area contributed by atoms with E-state index in [-0.39, 0.29) is 23.6 Å². The van der Waals surface area contributed by atoms with E-state index in [9.17, 15) is 9.59 Å². The highest BCUT2D eigenvalue weighted by Crippen LogP contribution is 2.18. The molecule has 1 saturated heterocycles. The minimum atomic E-state index is -0.175. The topological polar surface area (TPSA) is 66.8 Å². The Bertz CT molecular complexity index is 1180. The molecule has 2 aromatic carbocycles. The second-order valence-electron chi connectivity index (χ2n) is 8.85. The standard InChI is InChI=1S/C27H32N4O3/c1-20-13-21(2)15-22(14-20)28-27(33)19-31-18-26(34-3)25(32)16-24(31)17-29-9-11-30(12-10-29)23-7-5-4-6-8-23/h4-8,13-16,18H,9-12,17,19H2,1-3H3,(H,28,33). The van der Waals surface area contributed by atoms with Crippen LogP contribution in [0.1, 0.15) is 16.8 Å². The van der Waals surface area contributed by atoms with Gasteiger partial charge in [0, 0.05) is 55.9 Å². The predicted molar refractivity (Wildman–Crippen MR) is 136 cm³/mol. The molecule has 178 valence electrons. The van der Waals surface area contributed by atoms with E-state index >= 15 is 0 Å². The molecule has 34 heavy (non-hydrogen) atoms. The summed E-state index contributed by atoms with van der Waals surface area (Å²) in [5.74, 6) is 0.0858. The molecule has 4 rings (SSSR count). The van der Waals surface area contributed by atoms with Crippen LogP contribution in [0.5, 0.6) is 5.75 Å². The summed E-state index contributed by atoms with van der Waals surface area (Å²) in [6.07, 6.45) is 1.64. The summed E-state index contributed by atoms with van der Waals surface area (Å²) in [6.45, 7) is 8.29. The third-order valence-electron chi connectivity index (χ3n) is 6.10. The molecule has 1 N–H and O–H groups in total. The molecule has 0 unspecified atom stereocenters. The lowest BCUT2D eigenvalue weighted by Gasteiger charge is -2.36. The number of aryl methyl sites for hydroxylation is 2. The number of anilines is 2. The number of aromatic nitrogens is 1. The van der Waals surface area contributed by atoms with E-state index < -0.39 is 0 Å². The summed E-state index contributed by atoms with van der Waals surface area (Å²) < 4.78 is 7.06. The van der Waals surface area contributed by atoms with Gasteiger partial charge in [-0.2, -0.15) is 0 Å². The van der Waals surface area contributed by atoms with Gasteiger partial charge < -0.3 is 19.5 Å². The Morgan fingerprint density at radius 1 is 0.971 bits per heavy atom. The number of methoxy groups -OCH3 is 1. The van der Waals surface area contributed by atoms with Crippen molar-refractivity contribution in [3.05, 3.63) is 87.8 Å². The number of carbonyl (C=O) groups is 1. The Hall–Kier alpha value is -3.58. The van der Waals surface area contributed by atoms with E-state index in [1.807, 2.05) is 36.6 Å². The third kappa shape index (κ3) is 5.85. The number of benzene rings is 2. The van der Waals surface area contributed by atoms with Gasteiger partial charge in [-0.15, -0.1) is 0 Å². The Morgan fingerprint density at radius 3 is 2.29 bits per heavy atom. The molecule has 0 saturated carbocycles. The van der Waals surface area contributed by atoms with Crippen molar-refractivity contribution in [3.8, 4) is 5.75 Å². The zero-order valence-corrected chi connectivity index (χ0v) is 20.1. The highest BCUT2D eigenvalue weighted by molar-refractivity contribution is 5.90. The molecule has 0 spiro atoms. The summed E-state index contributed by atoms with van der Waals surface area (Å²) >= 11 is 0. The quantitative estimate of drug-likeness (QED) is 0.585. The SMILES string of the molecule is COc1cn(CC(=O)Nc2cc(C)cc(C)c2)c(CN2CCN(c3ccccc3)CC2)cc1=O. The Labute approximate surface area is 200 Å². The average molecular weight is 461 g/mol. The number of piperazine rings is 1. The van der Waals surface area contributed by atoms with Crippen LogP contribution in [0.3, 0.4) is 0 Å². The Morgan fingerprint density at radius 2 is 1.65 bits per heavy atom. The minimum absolute atomic E-state index is 0.100. The molecule has 1 aliphatic rings. The average Bonchev–Trinajstić information content (AvgIpc) is 2.81. The van der Waals surface area contributed by atoms with Crippen molar-refractivity contribution in [1.82, 2.24) is 9.47 Å². The molecule has 2 heterocycles. The second kappa shape index (κ2) is 10.6. The first kappa shape index (κ1) is 23.6. The van der Waals surface area contributed by atoms with Crippen molar-refractivity contribution in [2.75, 3.05) is 43.5 Å². The van der Waals surface area contributed by atoms with Gasteiger partial charge >= 0.3 is 0 Å². The monoisotopic (exact) mass is 460 g/mol. The van der Waals surface area contributed by atoms with E-state index in [2.05, 4.69) is 45.4 Å². The molecule has 1 aromatic heterocycles. The third-order valence-corrected chi connectivity index (χ3v) is 6.10. The van der Waals surface area contributed by atoms with E-state index in [1.165, 1.54) is 12.8 Å². The predicted octanol–water partition coefficient (Wildman–Crippen LogP) is 3.43. The largest absolute Gasteiger partial charge is 0.491 e. The zero-order valence-electron chi connectivity index (χ0n) is 20.1. The lowest BCUT2D eigenvalue weighted by Crippen LogP contribution is -2.46. The number of hydrogen-bond donors (Lipinski definition) is 1. The van der Waals surface area contributed by atoms with Crippen LogP contribution in [0.15, 0.2) is 65.6 Å². The van der Waals surface area contributed by atoms with Crippen molar-refractivity contribution >= 4 is 17.3 Å². The first-order valence-electron chi connectivity index (χ1n) is 11.6. The number of amides is 1. The van der Waals surface area contributed by atoms with E-state index in [0.29, 0.717) is 6.54 Å². The van der Waals surface area contributed by atoms with Crippen molar-refractivity contribution in [2.24, 2.45) is 0 Å². The smallest absolute Gasteiger partial charge is 0.244 e. The lowest BCUT2D eigenvalue weighted by atomic mass is 10.1. The number of hydrogen-bond acceptors (Lipinski definition) is 5. The van der Waals surface area contributed by atoms with Crippen LogP contribution >= 0.6 is 0 Å². The zero-order chi connectivity index (χ0) is 24.1. The number of para-hydroxylation sites is 1. The fourth-order valence-corrected chi connectivity index (χ4v) is 4.46. The summed E-state index contributed by atoms with van der Waals surface area (Å²) in [7, 11) is 1.47. The van der Waals surface area contributed by atoms with Crippen molar-refractivity contribution in [2.45, 2.75) is 26.9 Å². The molecule has 0 atom stereocenters. The van der Waals surface area contributed by atoms with Crippen LogP contribution < -0.4 is 20.4 Å². The number of nitrogens with one attached hydrogen (secondary N) is 1. The first-order valence-corrected chi connectivity index (χ1v) is 11.6. The summed E-state index contributed by atoms with van der Waals surface area (Å²) in [5.41, 5.74) is 4.81. The van der Waals surface area contributed by atoms with Crippen LogP contribution in [0, 0.1) is 13.8 Å². The molecule has 1 aliphatic heterocycles. The van der Waals surface area contributed by atoms with Gasteiger partial charge in [-0.1, -0.05) is 24.3 Å². The van der Waals surface area contributed by atoms with Crippen LogP contribution in [0.25, 0.3) is 0 Å². The summed E-state index contributed by atoms with van der Waals surface area (Å²) in [6, 6.07) is 18.0. The molecule has 0 bridgehead atoms. The lowest BCUT2D eigenvalue weighted by molar-refractivity contribution is -0.116. The molecule has 0 radical (unpaired) electrons. The molecule has 7 heteroatoms. The molecular formula is C27H32N4O3.